The molecule has 1 aliphatic rings. The van der Waals surface area contributed by atoms with Crippen LogP contribution in [0.1, 0.15) is 37.0 Å². The van der Waals surface area contributed by atoms with Gasteiger partial charge in [0.1, 0.15) is 6.04 Å². The van der Waals surface area contributed by atoms with Crippen LogP contribution in [0.15, 0.2) is 30.5 Å². The summed E-state index contributed by atoms with van der Waals surface area (Å²) in [5.74, 6) is 1.00. The van der Waals surface area contributed by atoms with Gasteiger partial charge in [-0.15, -0.1) is 0 Å². The largest absolute Gasteiger partial charge is 0.360 e. The van der Waals surface area contributed by atoms with Crippen molar-refractivity contribution in [1.29, 1.82) is 0 Å². The summed E-state index contributed by atoms with van der Waals surface area (Å²) in [6.07, 6.45) is 4.41. The Kier molecular flexibility index (Phi) is 3.62. The number of carbonyl (C=O) groups is 1. The van der Waals surface area contributed by atoms with Crippen LogP contribution in [0.5, 0.6) is 0 Å². The zero-order chi connectivity index (χ0) is 14.1. The molecule has 3 atom stereocenters. The molecule has 1 unspecified atom stereocenters. The molecular weight excluding hydrogens is 248 g/mol. The van der Waals surface area contributed by atoms with E-state index in [2.05, 4.69) is 18.8 Å². The number of H-pyrrole nitrogens is 1. The molecule has 1 aromatic heterocycles. The van der Waals surface area contributed by atoms with Crippen molar-refractivity contribution in [2.24, 2.45) is 5.92 Å². The summed E-state index contributed by atoms with van der Waals surface area (Å²) in [7, 11) is 0. The van der Waals surface area contributed by atoms with Crippen molar-refractivity contribution in [2.45, 2.75) is 32.7 Å². The number of likely N-dealkylation sites (tertiary alicyclic amines) is 1. The van der Waals surface area contributed by atoms with Crippen LogP contribution >= 0.6 is 0 Å². The maximum absolute atomic E-state index is 12.8. The van der Waals surface area contributed by atoms with E-state index in [-0.39, 0.29) is 11.8 Å². The standard InChI is InChI=1S/C17H22N2O/c1-12-6-5-9-19(11-12)13(2)17(20)15-10-18-16-8-4-3-7-14(15)16/h3-4,7-8,10,12-13,18H,5-6,9,11H2,1-2H3/p+1/t12-,13-/m0/s1. The smallest absolute Gasteiger partial charge is 0.221 e. The van der Waals surface area contributed by atoms with Crippen molar-refractivity contribution in [3.05, 3.63) is 36.0 Å². The minimum atomic E-state index is 0.0527. The molecule has 3 rings (SSSR count). The third-order valence-electron chi connectivity index (χ3n) is 4.67. The van der Waals surface area contributed by atoms with Gasteiger partial charge in [-0.05, 0) is 25.8 Å². The number of fused-ring (bicyclic) bond motifs is 1. The van der Waals surface area contributed by atoms with Crippen molar-refractivity contribution >= 4 is 16.7 Å². The number of para-hydroxylation sites is 1. The van der Waals surface area contributed by atoms with Gasteiger partial charge in [-0.2, -0.15) is 0 Å². The number of Topliss-reactive ketones (excluding diaryl/α,β-unsaturated/α-hetero) is 1. The van der Waals surface area contributed by atoms with E-state index in [9.17, 15) is 4.79 Å². The summed E-state index contributed by atoms with van der Waals surface area (Å²) in [5, 5.41) is 1.05. The van der Waals surface area contributed by atoms with Gasteiger partial charge in [-0.25, -0.2) is 0 Å². The predicted molar refractivity (Wildman–Crippen MR) is 81.2 cm³/mol. The zero-order valence-corrected chi connectivity index (χ0v) is 12.3. The number of aromatic amines is 1. The van der Waals surface area contributed by atoms with Crippen molar-refractivity contribution in [1.82, 2.24) is 4.98 Å². The van der Waals surface area contributed by atoms with Gasteiger partial charge in [0, 0.05) is 28.6 Å². The maximum Gasteiger partial charge on any atom is 0.221 e. The summed E-state index contributed by atoms with van der Waals surface area (Å²) in [6.45, 7) is 6.62. The molecule has 0 aliphatic carbocycles. The Morgan fingerprint density at radius 3 is 3.00 bits per heavy atom. The number of rotatable bonds is 3. The molecule has 0 radical (unpaired) electrons. The second kappa shape index (κ2) is 5.41. The molecule has 106 valence electrons. The number of benzene rings is 1. The van der Waals surface area contributed by atoms with Crippen molar-refractivity contribution in [2.75, 3.05) is 13.1 Å². The van der Waals surface area contributed by atoms with Gasteiger partial charge >= 0.3 is 0 Å². The number of quaternary nitrogens is 1. The highest BCUT2D eigenvalue weighted by atomic mass is 16.1. The second-order valence-corrected chi connectivity index (χ2v) is 6.19. The van der Waals surface area contributed by atoms with Crippen LogP contribution in [-0.2, 0) is 0 Å². The number of hydrogen-bond acceptors (Lipinski definition) is 1. The highest BCUT2D eigenvalue weighted by Crippen LogP contribution is 2.19. The summed E-state index contributed by atoms with van der Waals surface area (Å²) in [6, 6.07) is 8.09. The summed E-state index contributed by atoms with van der Waals surface area (Å²) >= 11 is 0. The third-order valence-corrected chi connectivity index (χ3v) is 4.67. The van der Waals surface area contributed by atoms with E-state index < -0.39 is 0 Å². The minimum absolute atomic E-state index is 0.0527. The van der Waals surface area contributed by atoms with Crippen LogP contribution in [0, 0.1) is 5.92 Å². The summed E-state index contributed by atoms with van der Waals surface area (Å²) in [4.78, 5) is 17.4. The Morgan fingerprint density at radius 2 is 2.20 bits per heavy atom. The van der Waals surface area contributed by atoms with E-state index in [4.69, 9.17) is 0 Å². The van der Waals surface area contributed by atoms with E-state index in [1.54, 1.807) is 0 Å². The van der Waals surface area contributed by atoms with E-state index in [0.717, 1.165) is 35.5 Å². The number of hydrogen-bond donors (Lipinski definition) is 2. The van der Waals surface area contributed by atoms with Crippen LogP contribution in [0.4, 0.5) is 0 Å². The molecule has 0 bridgehead atoms. The molecule has 1 aromatic carbocycles. The minimum Gasteiger partial charge on any atom is -0.360 e. The Bertz CT molecular complexity index is 616. The predicted octanol–water partition coefficient (Wildman–Crippen LogP) is 2.05. The first-order valence-electron chi connectivity index (χ1n) is 7.61. The molecule has 0 saturated carbocycles. The molecular formula is C17H23N2O+. The third kappa shape index (κ3) is 2.38. The second-order valence-electron chi connectivity index (χ2n) is 6.19. The van der Waals surface area contributed by atoms with Gasteiger partial charge in [0.15, 0.2) is 0 Å². The van der Waals surface area contributed by atoms with Crippen LogP contribution in [0.25, 0.3) is 10.9 Å². The number of nitrogens with one attached hydrogen (secondary N) is 2. The molecule has 3 nitrogen and oxygen atoms in total. The van der Waals surface area contributed by atoms with Crippen LogP contribution in [0.2, 0.25) is 0 Å². The Balaban J connectivity index is 1.84. The van der Waals surface area contributed by atoms with Crippen molar-refractivity contribution < 1.29 is 9.69 Å². The molecule has 2 heterocycles. The van der Waals surface area contributed by atoms with E-state index in [0.29, 0.717) is 0 Å². The normalized spacial score (nSPS) is 24.7. The van der Waals surface area contributed by atoms with Gasteiger partial charge in [0.05, 0.1) is 13.1 Å². The monoisotopic (exact) mass is 271 g/mol. The molecule has 2 aromatic rings. The van der Waals surface area contributed by atoms with E-state index in [1.165, 1.54) is 17.7 Å². The SMILES string of the molecule is C[C@H]1CCC[NH+]([C@@H](C)C(=O)c2c[nH]c3ccccc23)C1. The number of carbonyl (C=O) groups excluding carboxylic acids is 1. The fourth-order valence-corrected chi connectivity index (χ4v) is 3.42. The molecule has 0 amide bonds. The lowest BCUT2D eigenvalue weighted by Gasteiger charge is -2.31. The lowest BCUT2D eigenvalue weighted by Crippen LogP contribution is -3.17. The zero-order valence-electron chi connectivity index (χ0n) is 12.3. The molecule has 20 heavy (non-hydrogen) atoms. The number of aromatic nitrogens is 1. The Labute approximate surface area is 120 Å². The highest BCUT2D eigenvalue weighted by Gasteiger charge is 2.30. The lowest BCUT2D eigenvalue weighted by molar-refractivity contribution is -0.921. The molecule has 0 spiro atoms. The number of ketones is 1. The fourth-order valence-electron chi connectivity index (χ4n) is 3.42. The van der Waals surface area contributed by atoms with Gasteiger partial charge < -0.3 is 9.88 Å². The summed E-state index contributed by atoms with van der Waals surface area (Å²) < 4.78 is 0. The molecule has 2 N–H and O–H groups in total. The average molecular weight is 271 g/mol. The Morgan fingerprint density at radius 1 is 1.40 bits per heavy atom. The van der Waals surface area contributed by atoms with Crippen molar-refractivity contribution in [3.63, 3.8) is 0 Å². The molecule has 3 heteroatoms. The van der Waals surface area contributed by atoms with Crippen LogP contribution < -0.4 is 4.90 Å². The van der Waals surface area contributed by atoms with Gasteiger partial charge in [0.2, 0.25) is 5.78 Å². The quantitative estimate of drug-likeness (QED) is 0.824. The van der Waals surface area contributed by atoms with E-state index in [1.807, 2.05) is 30.5 Å². The van der Waals surface area contributed by atoms with E-state index >= 15 is 0 Å². The fraction of sp³-hybridized carbons (Fsp3) is 0.471. The van der Waals surface area contributed by atoms with Crippen LogP contribution in [0.3, 0.4) is 0 Å². The lowest BCUT2D eigenvalue weighted by atomic mass is 9.96. The van der Waals surface area contributed by atoms with Gasteiger partial charge in [0.25, 0.3) is 0 Å². The first-order valence-corrected chi connectivity index (χ1v) is 7.61. The maximum atomic E-state index is 12.8. The van der Waals surface area contributed by atoms with Crippen LogP contribution in [-0.4, -0.2) is 29.9 Å². The van der Waals surface area contributed by atoms with Gasteiger partial charge in [-0.3, -0.25) is 4.79 Å². The highest BCUT2D eigenvalue weighted by molar-refractivity contribution is 6.09. The topological polar surface area (TPSA) is 37.3 Å². The first kappa shape index (κ1) is 13.4. The number of piperidine rings is 1. The first-order chi connectivity index (χ1) is 9.66. The van der Waals surface area contributed by atoms with Gasteiger partial charge in [-0.1, -0.05) is 25.1 Å². The summed E-state index contributed by atoms with van der Waals surface area (Å²) in [5.41, 5.74) is 1.89. The molecule has 1 aliphatic heterocycles. The molecule has 1 fully saturated rings. The van der Waals surface area contributed by atoms with Crippen molar-refractivity contribution in [3.8, 4) is 0 Å². The average Bonchev–Trinajstić information content (AvgIpc) is 2.89. The molecule has 1 saturated heterocycles. The Hall–Kier alpha value is -1.61.